The van der Waals surface area contributed by atoms with Gasteiger partial charge < -0.3 is 14.2 Å². The summed E-state index contributed by atoms with van der Waals surface area (Å²) in [5.74, 6) is -0.941. The van der Waals surface area contributed by atoms with Crippen LogP contribution < -0.4 is 0 Å². The predicted octanol–water partition coefficient (Wildman–Crippen LogP) is 20.3. The number of esters is 3. The second kappa shape index (κ2) is 59.2. The molecule has 6 nitrogen and oxygen atoms in total. The molecule has 0 aromatic heterocycles. The maximum Gasteiger partial charge on any atom is 0.306 e. The van der Waals surface area contributed by atoms with Crippen LogP contribution >= 0.6 is 0 Å². The fraction of sp³-hybridized carbons (Fsp3) is 0.738. The monoisotopic (exact) mass is 989 g/mol. The second-order valence-corrected chi connectivity index (χ2v) is 19.9. The molecule has 0 spiro atoms. The molecule has 408 valence electrons. The third kappa shape index (κ3) is 57.4. The number of unbranched alkanes of at least 4 members (excludes halogenated alkanes) is 29. The van der Waals surface area contributed by atoms with E-state index in [4.69, 9.17) is 14.2 Å². The van der Waals surface area contributed by atoms with Gasteiger partial charge >= 0.3 is 17.9 Å². The van der Waals surface area contributed by atoms with E-state index in [1.807, 2.05) is 0 Å². The molecule has 0 aliphatic carbocycles. The standard InChI is InChI=1S/C65H112O6/c1-4-7-10-13-16-19-22-25-27-28-29-30-31-32-33-34-35-36-38-40-43-46-49-52-55-58-64(67)70-61-62(60-69-63(66)57-54-51-48-45-42-39-24-21-18-15-12-9-6-3)71-65(68)59-56-53-50-47-44-41-37-26-23-20-17-14-11-8-5-2/h8,11,17,20-22,24-26,28-29,37,44,47,62H,4-7,9-10,12-16,18-19,23,27,30-36,38-43,45-46,48-61H2,1-3H3/b11-8-,20-17-,24-21-,25-22-,29-28-,37-26-,47-44-. The molecule has 71 heavy (non-hydrogen) atoms. The summed E-state index contributed by atoms with van der Waals surface area (Å²) < 4.78 is 16.8. The van der Waals surface area contributed by atoms with Crippen LogP contribution in [0.4, 0.5) is 0 Å². The number of hydrogen-bond acceptors (Lipinski definition) is 6. The number of allylic oxidation sites excluding steroid dienone is 14. The molecule has 0 fully saturated rings. The third-order valence-electron chi connectivity index (χ3n) is 12.9. The molecular formula is C65H112O6. The van der Waals surface area contributed by atoms with E-state index in [2.05, 4.69) is 106 Å². The molecular weight excluding hydrogens is 877 g/mol. The lowest BCUT2D eigenvalue weighted by Crippen LogP contribution is -2.30. The minimum atomic E-state index is -0.802. The van der Waals surface area contributed by atoms with E-state index in [1.54, 1.807) is 0 Å². The molecule has 0 N–H and O–H groups in total. The summed E-state index contributed by atoms with van der Waals surface area (Å²) in [4.78, 5) is 38.2. The van der Waals surface area contributed by atoms with Gasteiger partial charge in [-0.15, -0.1) is 0 Å². The molecule has 0 radical (unpaired) electrons. The Hall–Kier alpha value is -3.41. The molecule has 0 heterocycles. The highest BCUT2D eigenvalue weighted by Gasteiger charge is 2.19. The van der Waals surface area contributed by atoms with Gasteiger partial charge in [0.05, 0.1) is 0 Å². The highest BCUT2D eigenvalue weighted by atomic mass is 16.6. The molecule has 0 saturated heterocycles. The van der Waals surface area contributed by atoms with Crippen molar-refractivity contribution >= 4 is 17.9 Å². The number of carbonyl (C=O) groups excluding carboxylic acids is 3. The number of ether oxygens (including phenoxy) is 3. The fourth-order valence-electron chi connectivity index (χ4n) is 8.34. The first-order valence-corrected chi connectivity index (χ1v) is 30.1. The molecule has 6 heteroatoms. The Bertz CT molecular complexity index is 1370. The zero-order valence-corrected chi connectivity index (χ0v) is 46.7. The predicted molar refractivity (Wildman–Crippen MR) is 307 cm³/mol. The van der Waals surface area contributed by atoms with E-state index in [0.29, 0.717) is 19.3 Å². The van der Waals surface area contributed by atoms with Crippen LogP contribution in [0.25, 0.3) is 0 Å². The van der Waals surface area contributed by atoms with Crippen molar-refractivity contribution in [2.75, 3.05) is 13.2 Å². The maximum absolute atomic E-state index is 12.8. The fourth-order valence-corrected chi connectivity index (χ4v) is 8.34. The molecule has 0 saturated carbocycles. The summed E-state index contributed by atoms with van der Waals surface area (Å²) >= 11 is 0. The van der Waals surface area contributed by atoms with Crippen molar-refractivity contribution in [1.29, 1.82) is 0 Å². The smallest absolute Gasteiger partial charge is 0.306 e. The summed E-state index contributed by atoms with van der Waals surface area (Å²) in [6.07, 6.45) is 77.3. The Balaban J connectivity index is 4.32. The van der Waals surface area contributed by atoms with Gasteiger partial charge in [-0.05, 0) is 116 Å². The lowest BCUT2D eigenvalue weighted by molar-refractivity contribution is -0.167. The van der Waals surface area contributed by atoms with Crippen LogP contribution in [0.1, 0.15) is 290 Å². The van der Waals surface area contributed by atoms with Crippen LogP contribution in [0.15, 0.2) is 85.1 Å². The van der Waals surface area contributed by atoms with Crippen LogP contribution in [0.2, 0.25) is 0 Å². The minimum Gasteiger partial charge on any atom is -0.462 e. The van der Waals surface area contributed by atoms with Crippen molar-refractivity contribution in [3.05, 3.63) is 85.1 Å². The van der Waals surface area contributed by atoms with Gasteiger partial charge in [-0.2, -0.15) is 0 Å². The van der Waals surface area contributed by atoms with E-state index < -0.39 is 6.10 Å². The van der Waals surface area contributed by atoms with Crippen molar-refractivity contribution in [2.45, 2.75) is 297 Å². The minimum absolute atomic E-state index is 0.0955. The van der Waals surface area contributed by atoms with Crippen molar-refractivity contribution in [3.63, 3.8) is 0 Å². The van der Waals surface area contributed by atoms with Crippen LogP contribution in [0.3, 0.4) is 0 Å². The molecule has 0 aromatic rings. The van der Waals surface area contributed by atoms with Crippen molar-refractivity contribution in [3.8, 4) is 0 Å². The summed E-state index contributed by atoms with van der Waals surface area (Å²) in [7, 11) is 0. The van der Waals surface area contributed by atoms with Gasteiger partial charge in [-0.1, -0.05) is 241 Å². The second-order valence-electron chi connectivity index (χ2n) is 19.9. The first-order valence-electron chi connectivity index (χ1n) is 30.1. The van der Waals surface area contributed by atoms with Crippen LogP contribution in [0, 0.1) is 0 Å². The Morgan fingerprint density at radius 1 is 0.296 bits per heavy atom. The van der Waals surface area contributed by atoms with Gasteiger partial charge in [0, 0.05) is 19.3 Å². The van der Waals surface area contributed by atoms with E-state index in [0.717, 1.165) is 89.9 Å². The Kier molecular flexibility index (Phi) is 56.3. The maximum atomic E-state index is 12.8. The highest BCUT2D eigenvalue weighted by Crippen LogP contribution is 2.15. The molecule has 1 atom stereocenters. The summed E-state index contributed by atoms with van der Waals surface area (Å²) in [5, 5.41) is 0. The Labute approximate surface area is 439 Å². The van der Waals surface area contributed by atoms with Crippen molar-refractivity contribution < 1.29 is 28.6 Å². The summed E-state index contributed by atoms with van der Waals surface area (Å²) in [5.41, 5.74) is 0. The first kappa shape index (κ1) is 67.6. The van der Waals surface area contributed by atoms with Crippen molar-refractivity contribution in [1.82, 2.24) is 0 Å². The quantitative estimate of drug-likeness (QED) is 0.0261. The molecule has 1 unspecified atom stereocenters. The molecule has 0 bridgehead atoms. The largest absolute Gasteiger partial charge is 0.462 e. The third-order valence-corrected chi connectivity index (χ3v) is 12.9. The van der Waals surface area contributed by atoms with Crippen LogP contribution in [-0.4, -0.2) is 37.2 Å². The summed E-state index contributed by atoms with van der Waals surface area (Å²) in [6, 6.07) is 0. The number of hydrogen-bond donors (Lipinski definition) is 0. The van der Waals surface area contributed by atoms with Crippen LogP contribution in [0.5, 0.6) is 0 Å². The van der Waals surface area contributed by atoms with Crippen molar-refractivity contribution in [2.24, 2.45) is 0 Å². The summed E-state index contributed by atoms with van der Waals surface area (Å²) in [6.45, 7) is 6.47. The van der Waals surface area contributed by atoms with Gasteiger partial charge in [-0.25, -0.2) is 0 Å². The molecule has 0 aliphatic heterocycles. The van der Waals surface area contributed by atoms with Gasteiger partial charge in [0.1, 0.15) is 13.2 Å². The lowest BCUT2D eigenvalue weighted by atomic mass is 10.0. The van der Waals surface area contributed by atoms with E-state index in [1.165, 1.54) is 154 Å². The zero-order chi connectivity index (χ0) is 51.4. The first-order chi connectivity index (χ1) is 35.0. The van der Waals surface area contributed by atoms with E-state index >= 15 is 0 Å². The Morgan fingerprint density at radius 3 is 0.915 bits per heavy atom. The Morgan fingerprint density at radius 2 is 0.549 bits per heavy atom. The SMILES string of the molecule is CC/C=C\C/C=C\C/C=C\C/C=C\CCCCC(=O)OC(COC(=O)CCCCCCC/C=C\CCCCCC)COC(=O)CCCCCCCCCCCCCCC/C=C\C/C=C\CCCCCCC. The van der Waals surface area contributed by atoms with Crippen LogP contribution in [-0.2, 0) is 28.6 Å². The van der Waals surface area contributed by atoms with Gasteiger partial charge in [0.2, 0.25) is 0 Å². The van der Waals surface area contributed by atoms with Gasteiger partial charge in [0.15, 0.2) is 6.10 Å². The normalized spacial score (nSPS) is 12.7. The van der Waals surface area contributed by atoms with E-state index in [9.17, 15) is 14.4 Å². The number of carbonyl (C=O) groups is 3. The topological polar surface area (TPSA) is 78.9 Å². The van der Waals surface area contributed by atoms with Gasteiger partial charge in [-0.3, -0.25) is 14.4 Å². The molecule has 0 aliphatic rings. The average Bonchev–Trinajstić information content (AvgIpc) is 3.37. The zero-order valence-electron chi connectivity index (χ0n) is 46.7. The highest BCUT2D eigenvalue weighted by molar-refractivity contribution is 5.71. The number of rotatable bonds is 54. The molecule has 0 amide bonds. The average molecular weight is 990 g/mol. The van der Waals surface area contributed by atoms with Gasteiger partial charge in [0.25, 0.3) is 0 Å². The van der Waals surface area contributed by atoms with E-state index in [-0.39, 0.29) is 37.5 Å². The lowest BCUT2D eigenvalue weighted by Gasteiger charge is -2.18. The molecule has 0 rings (SSSR count). The molecule has 0 aromatic carbocycles.